The molecule has 2 heteroatoms. The highest BCUT2D eigenvalue weighted by atomic mass is 16.3. The van der Waals surface area contributed by atoms with Crippen molar-refractivity contribution in [2.24, 2.45) is 45.3 Å². The molecule has 0 aliphatic heterocycles. The van der Waals surface area contributed by atoms with Gasteiger partial charge in [-0.2, -0.15) is 0 Å². The molecule has 4 rings (SSSR count). The van der Waals surface area contributed by atoms with E-state index in [1.807, 2.05) is 19.9 Å². The molecule has 8 atom stereocenters. The Balaban J connectivity index is 1.62. The molecule has 2 nitrogen and oxygen atoms in total. The van der Waals surface area contributed by atoms with Crippen molar-refractivity contribution in [2.75, 3.05) is 0 Å². The first-order valence-electron chi connectivity index (χ1n) is 13.5. The van der Waals surface area contributed by atoms with Gasteiger partial charge in [0.2, 0.25) is 0 Å². The molecule has 0 aromatic carbocycles. The van der Waals surface area contributed by atoms with Crippen molar-refractivity contribution in [1.29, 1.82) is 0 Å². The number of hydrogen-bond acceptors (Lipinski definition) is 2. The fourth-order valence-corrected chi connectivity index (χ4v) is 9.39. The number of hydrogen-bond donors (Lipinski definition) is 2. The summed E-state index contributed by atoms with van der Waals surface area (Å²) >= 11 is 0. The van der Waals surface area contributed by atoms with Gasteiger partial charge < -0.3 is 10.2 Å². The number of aliphatic hydroxyl groups excluding tert-OH is 1. The van der Waals surface area contributed by atoms with E-state index in [9.17, 15) is 10.2 Å². The number of rotatable bonds is 4. The van der Waals surface area contributed by atoms with Crippen LogP contribution >= 0.6 is 0 Å². The van der Waals surface area contributed by atoms with Crippen LogP contribution in [-0.2, 0) is 0 Å². The van der Waals surface area contributed by atoms with Crippen molar-refractivity contribution in [1.82, 2.24) is 0 Å². The molecule has 4 aliphatic rings. The first-order chi connectivity index (χ1) is 14.7. The third kappa shape index (κ3) is 3.49. The van der Waals surface area contributed by atoms with Crippen LogP contribution in [0.15, 0.2) is 23.8 Å². The Morgan fingerprint density at radius 3 is 2.41 bits per heavy atom. The lowest BCUT2D eigenvalue weighted by Gasteiger charge is -2.64. The van der Waals surface area contributed by atoms with E-state index in [1.54, 1.807) is 5.57 Å². The summed E-state index contributed by atoms with van der Waals surface area (Å²) in [4.78, 5) is 0. The van der Waals surface area contributed by atoms with Crippen molar-refractivity contribution in [3.63, 3.8) is 0 Å². The Bertz CT molecular complexity index is 785. The summed E-state index contributed by atoms with van der Waals surface area (Å²) in [6, 6.07) is 0. The molecule has 3 fully saturated rings. The summed E-state index contributed by atoms with van der Waals surface area (Å²) in [7, 11) is 0. The highest BCUT2D eigenvalue weighted by Gasteiger charge is 2.65. The van der Waals surface area contributed by atoms with Crippen LogP contribution in [0.5, 0.6) is 0 Å². The maximum Gasteiger partial charge on any atom is 0.0771 e. The second kappa shape index (κ2) is 7.70. The fraction of sp³-hybridized carbons (Fsp3) is 0.867. The van der Waals surface area contributed by atoms with Gasteiger partial charge in [-0.05, 0) is 111 Å². The van der Waals surface area contributed by atoms with Crippen LogP contribution in [-0.4, -0.2) is 21.9 Å². The minimum Gasteiger partial charge on any atom is -0.393 e. The predicted octanol–water partition coefficient (Wildman–Crippen LogP) is 7.31. The summed E-state index contributed by atoms with van der Waals surface area (Å²) in [5.41, 5.74) is 2.09. The van der Waals surface area contributed by atoms with Gasteiger partial charge >= 0.3 is 0 Å². The van der Waals surface area contributed by atoms with Gasteiger partial charge in [0.05, 0.1) is 11.7 Å². The van der Waals surface area contributed by atoms with Crippen LogP contribution in [0.4, 0.5) is 0 Å². The van der Waals surface area contributed by atoms with E-state index < -0.39 is 5.60 Å². The van der Waals surface area contributed by atoms with Gasteiger partial charge in [0.15, 0.2) is 0 Å². The summed E-state index contributed by atoms with van der Waals surface area (Å²) in [6.45, 7) is 18.6. The number of aliphatic hydroxyl groups is 2. The number of allylic oxidation sites excluding steroid dienone is 3. The monoisotopic (exact) mass is 442 g/mol. The summed E-state index contributed by atoms with van der Waals surface area (Å²) in [5, 5.41) is 20.9. The lowest BCUT2D eigenvalue weighted by molar-refractivity contribution is -0.131. The van der Waals surface area contributed by atoms with Crippen molar-refractivity contribution in [3.05, 3.63) is 23.8 Å². The fourth-order valence-electron chi connectivity index (χ4n) is 9.39. The minimum absolute atomic E-state index is 0.0101. The maximum atomic E-state index is 10.8. The summed E-state index contributed by atoms with van der Waals surface area (Å²) < 4.78 is 0. The molecule has 0 unspecified atom stereocenters. The molecule has 3 saturated carbocycles. The Labute approximate surface area is 198 Å². The molecular formula is C30H50O2. The first-order valence-corrected chi connectivity index (χ1v) is 13.5. The van der Waals surface area contributed by atoms with Gasteiger partial charge in [-0.1, -0.05) is 65.3 Å². The molecule has 2 N–H and O–H groups in total. The van der Waals surface area contributed by atoms with Crippen LogP contribution in [0.1, 0.15) is 107 Å². The molecule has 0 bridgehead atoms. The van der Waals surface area contributed by atoms with E-state index in [0.717, 1.165) is 25.2 Å². The lowest BCUT2D eigenvalue weighted by atomic mass is 9.41. The topological polar surface area (TPSA) is 40.5 Å². The Hall–Kier alpha value is -0.600. The van der Waals surface area contributed by atoms with Crippen LogP contribution in [0.25, 0.3) is 0 Å². The SMILES string of the molecule is C[C@@H](C/C=C\C(C)(C)O)[C@@H]1CC[C@]2(C)C3=CC[C@@H]4C(C)(C)[C@@H](O)CC[C@]4(C)[C@H]3CC[C@@]12C. The van der Waals surface area contributed by atoms with Crippen LogP contribution in [0, 0.1) is 45.3 Å². The van der Waals surface area contributed by atoms with Crippen molar-refractivity contribution < 1.29 is 10.2 Å². The summed E-state index contributed by atoms with van der Waals surface area (Å²) in [5.74, 6) is 2.67. The molecule has 0 saturated heterocycles. The van der Waals surface area contributed by atoms with E-state index in [2.05, 4.69) is 53.7 Å². The third-order valence-corrected chi connectivity index (χ3v) is 11.6. The van der Waals surface area contributed by atoms with Crippen LogP contribution < -0.4 is 0 Å². The largest absolute Gasteiger partial charge is 0.393 e. The summed E-state index contributed by atoms with van der Waals surface area (Å²) in [6.07, 6.45) is 16.4. The van der Waals surface area contributed by atoms with E-state index in [-0.39, 0.29) is 11.5 Å². The van der Waals surface area contributed by atoms with Gasteiger partial charge in [0, 0.05) is 0 Å². The second-order valence-corrected chi connectivity index (χ2v) is 14.1. The molecule has 4 aliphatic carbocycles. The Morgan fingerprint density at radius 1 is 1.06 bits per heavy atom. The molecule has 0 heterocycles. The van der Waals surface area contributed by atoms with Gasteiger partial charge in [0.25, 0.3) is 0 Å². The molecule has 0 spiro atoms. The van der Waals surface area contributed by atoms with E-state index >= 15 is 0 Å². The maximum absolute atomic E-state index is 10.8. The van der Waals surface area contributed by atoms with Gasteiger partial charge in [-0.25, -0.2) is 0 Å². The zero-order valence-electron chi connectivity index (χ0n) is 22.2. The third-order valence-electron chi connectivity index (χ3n) is 11.6. The predicted molar refractivity (Wildman–Crippen MR) is 134 cm³/mol. The zero-order chi connectivity index (χ0) is 23.7. The average Bonchev–Trinajstić information content (AvgIpc) is 2.96. The smallest absolute Gasteiger partial charge is 0.0771 e. The van der Waals surface area contributed by atoms with E-state index in [4.69, 9.17) is 0 Å². The first kappa shape index (κ1) is 24.5. The molecule has 0 aromatic rings. The highest BCUT2D eigenvalue weighted by molar-refractivity contribution is 5.33. The van der Waals surface area contributed by atoms with Crippen molar-refractivity contribution in [3.8, 4) is 0 Å². The zero-order valence-corrected chi connectivity index (χ0v) is 22.2. The highest BCUT2D eigenvalue weighted by Crippen LogP contribution is 2.73. The molecule has 0 amide bonds. The molecular weight excluding hydrogens is 392 g/mol. The molecule has 32 heavy (non-hydrogen) atoms. The van der Waals surface area contributed by atoms with Crippen molar-refractivity contribution >= 4 is 0 Å². The van der Waals surface area contributed by atoms with Gasteiger partial charge in [0.1, 0.15) is 0 Å². The van der Waals surface area contributed by atoms with Crippen LogP contribution in [0.2, 0.25) is 0 Å². The van der Waals surface area contributed by atoms with Gasteiger partial charge in [-0.15, -0.1) is 0 Å². The molecule has 0 radical (unpaired) electrons. The van der Waals surface area contributed by atoms with Crippen molar-refractivity contribution in [2.45, 2.75) is 118 Å². The van der Waals surface area contributed by atoms with E-state index in [1.165, 1.54) is 32.1 Å². The molecule has 0 aromatic heterocycles. The minimum atomic E-state index is -0.716. The normalized spacial score (nSPS) is 46.9. The second-order valence-electron chi connectivity index (χ2n) is 14.1. The standard InChI is InChI=1S/C30H50O2/c1-20(10-9-16-26(2,3)32)21-13-18-30(8)23-11-12-24-27(4,5)25(31)15-17-28(24,6)22(23)14-19-29(21,30)7/h9,11,16,20-22,24-25,31-32H,10,12-15,17-19H2,1-8H3/b16-9-/t20-,21-,22-,24+,25-,28+,29-,30+/m0/s1. The van der Waals surface area contributed by atoms with Gasteiger partial charge in [-0.3, -0.25) is 0 Å². The lowest BCUT2D eigenvalue weighted by Crippen LogP contribution is -2.58. The van der Waals surface area contributed by atoms with Crippen LogP contribution in [0.3, 0.4) is 0 Å². The molecule has 182 valence electrons. The Morgan fingerprint density at radius 2 is 1.75 bits per heavy atom. The number of fused-ring (bicyclic) bond motifs is 5. The van der Waals surface area contributed by atoms with E-state index in [0.29, 0.717) is 34.0 Å². The average molecular weight is 443 g/mol. The Kier molecular flexibility index (Phi) is 5.90. The quantitative estimate of drug-likeness (QED) is 0.448.